The fourth-order valence-electron chi connectivity index (χ4n) is 0.997. The highest BCUT2D eigenvalue weighted by atomic mass is 79.9. The highest BCUT2D eigenvalue weighted by Crippen LogP contribution is 2.05. The van der Waals surface area contributed by atoms with Crippen molar-refractivity contribution in [1.29, 1.82) is 0 Å². The molecule has 0 saturated heterocycles. The molecule has 0 saturated carbocycles. The van der Waals surface area contributed by atoms with Crippen molar-refractivity contribution < 1.29 is 4.79 Å². The van der Waals surface area contributed by atoms with Gasteiger partial charge in [0.1, 0.15) is 6.54 Å². The normalized spacial score (nSPS) is 12.5. The van der Waals surface area contributed by atoms with Gasteiger partial charge in [0.15, 0.2) is 0 Å². The van der Waals surface area contributed by atoms with E-state index in [9.17, 15) is 4.79 Å². The van der Waals surface area contributed by atoms with Crippen LogP contribution in [-0.2, 0) is 11.3 Å². The van der Waals surface area contributed by atoms with Gasteiger partial charge in [-0.3, -0.25) is 9.48 Å². The van der Waals surface area contributed by atoms with Gasteiger partial charge in [-0.25, -0.2) is 0 Å². The van der Waals surface area contributed by atoms with Crippen molar-refractivity contribution >= 4 is 21.8 Å². The Balaban J connectivity index is 2.30. The summed E-state index contributed by atoms with van der Waals surface area (Å²) in [6, 6.07) is 0.276. The van der Waals surface area contributed by atoms with Crippen LogP contribution in [0.15, 0.2) is 16.9 Å². The molecule has 0 aliphatic heterocycles. The molecule has 0 fully saturated rings. The third-order valence-corrected chi connectivity index (χ3v) is 2.42. The monoisotopic (exact) mass is 274 g/mol. The van der Waals surface area contributed by atoms with E-state index in [1.165, 1.54) is 0 Å². The van der Waals surface area contributed by atoms with E-state index in [0.29, 0.717) is 6.54 Å². The van der Waals surface area contributed by atoms with E-state index in [1.807, 2.05) is 14.0 Å². The molecular formula is C9H15BrN4O. The first-order valence-electron chi connectivity index (χ1n) is 4.73. The van der Waals surface area contributed by atoms with Gasteiger partial charge in [0.25, 0.3) is 0 Å². The Bertz CT molecular complexity index is 326. The molecule has 1 aromatic heterocycles. The number of nitrogens with one attached hydrogen (secondary N) is 2. The second-order valence-corrected chi connectivity index (χ2v) is 4.27. The summed E-state index contributed by atoms with van der Waals surface area (Å²) in [5.41, 5.74) is 0. The van der Waals surface area contributed by atoms with E-state index in [4.69, 9.17) is 0 Å². The number of aromatic nitrogens is 2. The summed E-state index contributed by atoms with van der Waals surface area (Å²) in [5.74, 6) is -0.0345. The van der Waals surface area contributed by atoms with Gasteiger partial charge >= 0.3 is 0 Å². The van der Waals surface area contributed by atoms with Gasteiger partial charge in [0.05, 0.1) is 10.7 Å². The van der Waals surface area contributed by atoms with Gasteiger partial charge in [-0.2, -0.15) is 5.10 Å². The number of hydrogen-bond donors (Lipinski definition) is 2. The van der Waals surface area contributed by atoms with E-state index < -0.39 is 0 Å². The Hall–Kier alpha value is -0.880. The zero-order valence-electron chi connectivity index (χ0n) is 8.83. The van der Waals surface area contributed by atoms with Crippen LogP contribution in [0.25, 0.3) is 0 Å². The molecule has 1 amide bonds. The minimum absolute atomic E-state index is 0.0345. The lowest BCUT2D eigenvalue weighted by Crippen LogP contribution is -2.38. The van der Waals surface area contributed by atoms with Crippen molar-refractivity contribution in [3.8, 4) is 0 Å². The topological polar surface area (TPSA) is 58.9 Å². The van der Waals surface area contributed by atoms with Crippen molar-refractivity contribution in [2.45, 2.75) is 19.5 Å². The minimum Gasteiger partial charge on any atom is -0.353 e. The predicted molar refractivity (Wildman–Crippen MR) is 61.5 cm³/mol. The molecular weight excluding hydrogens is 260 g/mol. The van der Waals surface area contributed by atoms with Crippen LogP contribution in [0.5, 0.6) is 0 Å². The molecule has 15 heavy (non-hydrogen) atoms. The minimum atomic E-state index is -0.0345. The highest BCUT2D eigenvalue weighted by molar-refractivity contribution is 9.10. The van der Waals surface area contributed by atoms with Crippen LogP contribution < -0.4 is 10.6 Å². The van der Waals surface area contributed by atoms with Gasteiger partial charge in [0, 0.05) is 18.8 Å². The number of carbonyl (C=O) groups is 1. The smallest absolute Gasteiger partial charge is 0.241 e. The maximum Gasteiger partial charge on any atom is 0.241 e. The number of amides is 1. The first-order chi connectivity index (χ1) is 7.11. The largest absolute Gasteiger partial charge is 0.353 e. The standard InChI is InChI=1S/C9H15BrN4O/c1-7(11-2)3-12-9(15)6-14-5-8(10)4-13-14/h4-5,7,11H,3,6H2,1-2H3,(H,12,15). The van der Waals surface area contributed by atoms with Crippen LogP contribution in [0.4, 0.5) is 0 Å². The number of hydrogen-bond acceptors (Lipinski definition) is 3. The number of nitrogens with zero attached hydrogens (tertiary/aromatic N) is 2. The summed E-state index contributed by atoms with van der Waals surface area (Å²) < 4.78 is 2.46. The molecule has 84 valence electrons. The van der Waals surface area contributed by atoms with E-state index >= 15 is 0 Å². The summed E-state index contributed by atoms with van der Waals surface area (Å²) in [4.78, 5) is 11.4. The molecule has 0 spiro atoms. The van der Waals surface area contributed by atoms with Crippen molar-refractivity contribution in [3.63, 3.8) is 0 Å². The van der Waals surface area contributed by atoms with Crippen LogP contribution in [-0.4, -0.2) is 35.3 Å². The molecule has 0 bridgehead atoms. The fourth-order valence-corrected chi connectivity index (χ4v) is 1.32. The maximum absolute atomic E-state index is 11.4. The van der Waals surface area contributed by atoms with E-state index in [-0.39, 0.29) is 18.5 Å². The Labute approximate surface area is 97.4 Å². The molecule has 0 radical (unpaired) electrons. The number of likely N-dealkylation sites (N-methyl/N-ethyl adjacent to an activating group) is 1. The SMILES string of the molecule is CNC(C)CNC(=O)Cn1cc(Br)cn1. The van der Waals surface area contributed by atoms with Crippen LogP contribution >= 0.6 is 15.9 Å². The van der Waals surface area contributed by atoms with E-state index in [1.54, 1.807) is 17.1 Å². The fraction of sp³-hybridized carbons (Fsp3) is 0.556. The molecule has 6 heteroatoms. The lowest BCUT2D eigenvalue weighted by atomic mass is 10.3. The molecule has 2 N–H and O–H groups in total. The summed E-state index contributed by atoms with van der Waals surface area (Å²) >= 11 is 3.27. The highest BCUT2D eigenvalue weighted by Gasteiger charge is 2.05. The molecule has 1 rings (SSSR count). The Morgan fingerprint density at radius 1 is 1.73 bits per heavy atom. The van der Waals surface area contributed by atoms with E-state index in [0.717, 1.165) is 4.47 Å². The Kier molecular flexibility index (Phi) is 4.77. The molecule has 1 heterocycles. The first-order valence-corrected chi connectivity index (χ1v) is 5.53. The average Bonchev–Trinajstić information content (AvgIpc) is 2.60. The van der Waals surface area contributed by atoms with Crippen molar-refractivity contribution in [2.75, 3.05) is 13.6 Å². The Morgan fingerprint density at radius 2 is 2.47 bits per heavy atom. The van der Waals surface area contributed by atoms with Crippen LogP contribution in [0, 0.1) is 0 Å². The average molecular weight is 275 g/mol. The van der Waals surface area contributed by atoms with Gasteiger partial charge in [-0.15, -0.1) is 0 Å². The summed E-state index contributed by atoms with van der Waals surface area (Å²) in [5, 5.41) is 9.85. The molecule has 1 unspecified atom stereocenters. The van der Waals surface area contributed by atoms with Crippen molar-refractivity contribution in [2.24, 2.45) is 0 Å². The first kappa shape index (κ1) is 12.2. The third kappa shape index (κ3) is 4.44. The number of carbonyl (C=O) groups excluding carboxylic acids is 1. The van der Waals surface area contributed by atoms with Crippen molar-refractivity contribution in [1.82, 2.24) is 20.4 Å². The lowest BCUT2D eigenvalue weighted by molar-refractivity contribution is -0.121. The zero-order valence-corrected chi connectivity index (χ0v) is 10.4. The Morgan fingerprint density at radius 3 is 3.00 bits per heavy atom. The summed E-state index contributed by atoms with van der Waals surface area (Å²) in [7, 11) is 1.86. The van der Waals surface area contributed by atoms with E-state index in [2.05, 4.69) is 31.7 Å². The maximum atomic E-state index is 11.4. The second-order valence-electron chi connectivity index (χ2n) is 3.35. The van der Waals surface area contributed by atoms with Crippen LogP contribution in [0.1, 0.15) is 6.92 Å². The second kappa shape index (κ2) is 5.87. The third-order valence-electron chi connectivity index (χ3n) is 2.01. The molecule has 5 nitrogen and oxygen atoms in total. The molecule has 0 aliphatic carbocycles. The predicted octanol–water partition coefficient (Wildman–Crippen LogP) is 0.370. The van der Waals surface area contributed by atoms with Gasteiger partial charge < -0.3 is 10.6 Å². The molecule has 1 aromatic rings. The number of rotatable bonds is 5. The summed E-state index contributed by atoms with van der Waals surface area (Å²) in [6.45, 7) is 2.88. The molecule has 0 aliphatic rings. The molecule has 0 aromatic carbocycles. The van der Waals surface area contributed by atoms with Crippen LogP contribution in [0.3, 0.4) is 0 Å². The lowest BCUT2D eigenvalue weighted by Gasteiger charge is -2.11. The van der Waals surface area contributed by atoms with Crippen molar-refractivity contribution in [3.05, 3.63) is 16.9 Å². The van der Waals surface area contributed by atoms with Gasteiger partial charge in [0.2, 0.25) is 5.91 Å². The quantitative estimate of drug-likeness (QED) is 0.816. The molecule has 1 atom stereocenters. The van der Waals surface area contributed by atoms with Crippen LogP contribution in [0.2, 0.25) is 0 Å². The summed E-state index contributed by atoms with van der Waals surface area (Å²) in [6.07, 6.45) is 3.42. The zero-order chi connectivity index (χ0) is 11.3. The van der Waals surface area contributed by atoms with Gasteiger partial charge in [-0.05, 0) is 29.9 Å². The number of halogens is 1. The van der Waals surface area contributed by atoms with Gasteiger partial charge in [-0.1, -0.05) is 0 Å².